The van der Waals surface area contributed by atoms with Crippen molar-refractivity contribution in [3.05, 3.63) is 76.3 Å². The first-order valence-electron chi connectivity index (χ1n) is 7.91. The first-order valence-corrected chi connectivity index (χ1v) is 8.79. The summed E-state index contributed by atoms with van der Waals surface area (Å²) in [5.41, 5.74) is 1.62. The van der Waals surface area contributed by atoms with Crippen molar-refractivity contribution >= 4 is 23.4 Å². The lowest BCUT2D eigenvalue weighted by atomic mass is 10.3. The average Bonchev–Trinajstić information content (AvgIpc) is 2.60. The molecule has 2 aromatic heterocycles. The molecule has 5 nitrogen and oxygen atoms in total. The van der Waals surface area contributed by atoms with Gasteiger partial charge >= 0.3 is 5.97 Å². The molecule has 25 heavy (non-hydrogen) atoms. The summed E-state index contributed by atoms with van der Waals surface area (Å²) in [6.07, 6.45) is 0. The quantitative estimate of drug-likeness (QED) is 0.520. The minimum absolute atomic E-state index is 0.0157. The third kappa shape index (κ3) is 4.09. The number of nitrogens with zero attached hydrogens (tertiary/aromatic N) is 2. The maximum atomic E-state index is 12.2. The van der Waals surface area contributed by atoms with E-state index in [-0.39, 0.29) is 23.4 Å². The predicted octanol–water partition coefficient (Wildman–Crippen LogP) is 3.23. The number of aromatic nitrogens is 2. The molecule has 1 aromatic carbocycles. The van der Waals surface area contributed by atoms with Crippen LogP contribution in [0.2, 0.25) is 0 Å². The Bertz CT molecular complexity index is 954. The molecule has 3 rings (SSSR count). The smallest absolute Gasteiger partial charge is 0.319 e. The Hall–Kier alpha value is -2.60. The zero-order chi connectivity index (χ0) is 17.8. The van der Waals surface area contributed by atoms with Crippen molar-refractivity contribution in [2.75, 3.05) is 0 Å². The molecule has 0 spiro atoms. The van der Waals surface area contributed by atoms with E-state index >= 15 is 0 Å². The molecule has 6 heteroatoms. The molecule has 3 aromatic rings. The third-order valence-electron chi connectivity index (χ3n) is 3.68. The average molecular weight is 354 g/mol. The van der Waals surface area contributed by atoms with E-state index in [9.17, 15) is 9.59 Å². The van der Waals surface area contributed by atoms with E-state index in [1.54, 1.807) is 13.0 Å². The molecule has 0 aliphatic carbocycles. The normalized spacial score (nSPS) is 12.1. The fourth-order valence-corrected chi connectivity index (χ4v) is 3.34. The lowest BCUT2D eigenvalue weighted by molar-refractivity contribution is -0.144. The van der Waals surface area contributed by atoms with E-state index in [0.29, 0.717) is 11.3 Å². The van der Waals surface area contributed by atoms with Crippen LogP contribution in [0.1, 0.15) is 18.3 Å². The van der Waals surface area contributed by atoms with Crippen LogP contribution in [-0.2, 0) is 16.1 Å². The van der Waals surface area contributed by atoms with Crippen molar-refractivity contribution in [2.24, 2.45) is 0 Å². The maximum Gasteiger partial charge on any atom is 0.319 e. The summed E-state index contributed by atoms with van der Waals surface area (Å²) < 4.78 is 6.85. The largest absolute Gasteiger partial charge is 0.458 e. The Morgan fingerprint density at radius 1 is 1.20 bits per heavy atom. The zero-order valence-corrected chi connectivity index (χ0v) is 14.8. The van der Waals surface area contributed by atoms with E-state index in [0.717, 1.165) is 10.6 Å². The molecule has 0 aliphatic heterocycles. The molecule has 1 atom stereocenters. The molecule has 0 amide bonds. The summed E-state index contributed by atoms with van der Waals surface area (Å²) in [5, 5.41) is -0.341. The van der Waals surface area contributed by atoms with Crippen molar-refractivity contribution in [3.63, 3.8) is 0 Å². The third-order valence-corrected chi connectivity index (χ3v) is 4.77. The lowest BCUT2D eigenvalue weighted by Crippen LogP contribution is -2.20. The molecule has 2 heterocycles. The number of ether oxygens (including phenoxy) is 1. The zero-order valence-electron chi connectivity index (χ0n) is 14.0. The Labute approximate surface area is 149 Å². The predicted molar refractivity (Wildman–Crippen MR) is 97.8 cm³/mol. The van der Waals surface area contributed by atoms with Crippen LogP contribution in [-0.4, -0.2) is 20.6 Å². The summed E-state index contributed by atoms with van der Waals surface area (Å²) in [5.74, 6) is -0.333. The van der Waals surface area contributed by atoms with Crippen LogP contribution in [0.25, 0.3) is 5.65 Å². The number of hydrogen-bond donors (Lipinski definition) is 0. The number of fused-ring (bicyclic) bond motifs is 1. The highest BCUT2D eigenvalue weighted by atomic mass is 32.2. The molecular formula is C19H18N2O3S. The summed E-state index contributed by atoms with van der Waals surface area (Å²) in [7, 11) is 0. The number of esters is 1. The summed E-state index contributed by atoms with van der Waals surface area (Å²) in [6, 6.07) is 16.5. The Morgan fingerprint density at radius 3 is 2.72 bits per heavy atom. The summed E-state index contributed by atoms with van der Waals surface area (Å²) in [6.45, 7) is 3.63. The standard InChI is InChI=1S/C19H18N2O3S/c1-13-7-6-10-17-20-15(11-18(22)21(13)17)12-24-19(23)14(2)25-16-8-4-3-5-9-16/h3-11,14H,12H2,1-2H3. The fraction of sp³-hybridized carbons (Fsp3) is 0.211. The van der Waals surface area contributed by atoms with E-state index in [4.69, 9.17) is 4.74 Å². The molecule has 128 valence electrons. The summed E-state index contributed by atoms with van der Waals surface area (Å²) >= 11 is 1.43. The second-order valence-corrected chi connectivity index (χ2v) is 7.04. The number of thioether (sulfide) groups is 1. The van der Waals surface area contributed by atoms with Crippen molar-refractivity contribution in [1.82, 2.24) is 9.38 Å². The first kappa shape index (κ1) is 17.2. The van der Waals surface area contributed by atoms with E-state index in [1.807, 2.05) is 49.4 Å². The molecular weight excluding hydrogens is 336 g/mol. The van der Waals surface area contributed by atoms with Crippen molar-refractivity contribution in [1.29, 1.82) is 0 Å². The van der Waals surface area contributed by atoms with Crippen molar-refractivity contribution in [3.8, 4) is 0 Å². The highest BCUT2D eigenvalue weighted by Gasteiger charge is 2.16. The number of benzene rings is 1. The topological polar surface area (TPSA) is 60.7 Å². The molecule has 0 N–H and O–H groups in total. The minimum Gasteiger partial charge on any atom is -0.458 e. The molecule has 0 saturated heterocycles. The van der Waals surface area contributed by atoms with Crippen LogP contribution in [0.3, 0.4) is 0 Å². The van der Waals surface area contributed by atoms with Gasteiger partial charge in [-0.05, 0) is 38.1 Å². The van der Waals surface area contributed by atoms with Gasteiger partial charge in [-0.25, -0.2) is 4.98 Å². The van der Waals surface area contributed by atoms with Gasteiger partial charge in [0.05, 0.1) is 5.69 Å². The monoisotopic (exact) mass is 354 g/mol. The number of hydrogen-bond acceptors (Lipinski definition) is 5. The highest BCUT2D eigenvalue weighted by molar-refractivity contribution is 8.00. The molecule has 0 bridgehead atoms. The fourth-order valence-electron chi connectivity index (χ4n) is 2.45. The van der Waals surface area contributed by atoms with Gasteiger partial charge in [-0.15, -0.1) is 11.8 Å². The van der Waals surface area contributed by atoms with Crippen molar-refractivity contribution in [2.45, 2.75) is 30.6 Å². The van der Waals surface area contributed by atoms with E-state index in [2.05, 4.69) is 4.98 Å². The van der Waals surface area contributed by atoms with Crippen LogP contribution in [0, 0.1) is 6.92 Å². The number of carbonyl (C=O) groups is 1. The Balaban J connectivity index is 1.68. The highest BCUT2D eigenvalue weighted by Crippen LogP contribution is 2.23. The number of rotatable bonds is 5. The number of aryl methyl sites for hydroxylation is 1. The second-order valence-electron chi connectivity index (χ2n) is 5.63. The summed E-state index contributed by atoms with van der Waals surface area (Å²) in [4.78, 5) is 29.8. The van der Waals surface area contributed by atoms with E-state index in [1.165, 1.54) is 22.2 Å². The SMILES string of the molecule is Cc1cccc2nc(COC(=O)C(C)Sc3ccccc3)cc(=O)n12. The molecule has 0 fully saturated rings. The lowest BCUT2D eigenvalue weighted by Gasteiger charge is -2.11. The Kier molecular flexibility index (Phi) is 5.19. The van der Waals surface area contributed by atoms with Gasteiger partial charge in [0.15, 0.2) is 0 Å². The van der Waals surface area contributed by atoms with Gasteiger partial charge in [-0.3, -0.25) is 14.0 Å². The van der Waals surface area contributed by atoms with Crippen LogP contribution in [0.4, 0.5) is 0 Å². The minimum atomic E-state index is -0.341. The Morgan fingerprint density at radius 2 is 1.96 bits per heavy atom. The van der Waals surface area contributed by atoms with Gasteiger partial charge in [0.1, 0.15) is 17.5 Å². The molecule has 0 aliphatic rings. The van der Waals surface area contributed by atoms with Crippen molar-refractivity contribution < 1.29 is 9.53 Å². The molecule has 1 unspecified atom stereocenters. The van der Waals surface area contributed by atoms with Gasteiger partial charge < -0.3 is 4.74 Å². The van der Waals surface area contributed by atoms with Gasteiger partial charge in [0.25, 0.3) is 5.56 Å². The molecule has 0 saturated carbocycles. The number of pyridine rings is 1. The van der Waals surface area contributed by atoms with Gasteiger partial charge in [0, 0.05) is 16.7 Å². The number of carbonyl (C=O) groups excluding carboxylic acids is 1. The van der Waals surface area contributed by atoms with Gasteiger partial charge in [-0.2, -0.15) is 0 Å². The van der Waals surface area contributed by atoms with Gasteiger partial charge in [0.2, 0.25) is 0 Å². The van der Waals surface area contributed by atoms with Crippen LogP contribution in [0.5, 0.6) is 0 Å². The van der Waals surface area contributed by atoms with Crippen LogP contribution in [0.15, 0.2) is 64.3 Å². The van der Waals surface area contributed by atoms with Gasteiger partial charge in [-0.1, -0.05) is 24.3 Å². The van der Waals surface area contributed by atoms with E-state index < -0.39 is 0 Å². The molecule has 0 radical (unpaired) electrons. The maximum absolute atomic E-state index is 12.2. The first-order chi connectivity index (χ1) is 12.0. The van der Waals surface area contributed by atoms with Crippen LogP contribution < -0.4 is 5.56 Å². The van der Waals surface area contributed by atoms with Crippen LogP contribution >= 0.6 is 11.8 Å². The second kappa shape index (κ2) is 7.53.